The summed E-state index contributed by atoms with van der Waals surface area (Å²) < 4.78 is 22.6. The highest BCUT2D eigenvalue weighted by molar-refractivity contribution is 7.91. The van der Waals surface area contributed by atoms with Crippen molar-refractivity contribution in [2.45, 2.75) is 45.1 Å². The number of carboxylic acids is 1. The molecule has 2 N–H and O–H groups in total. The molecule has 0 bridgehead atoms. The van der Waals surface area contributed by atoms with Crippen molar-refractivity contribution in [3.05, 3.63) is 0 Å². The molecule has 0 radical (unpaired) electrons. The molecule has 0 aromatic rings. The first-order valence-electron chi connectivity index (χ1n) is 6.49. The summed E-state index contributed by atoms with van der Waals surface area (Å²) in [6.07, 6.45) is 1.16. The van der Waals surface area contributed by atoms with E-state index in [2.05, 4.69) is 5.32 Å². The Morgan fingerprint density at radius 1 is 1.32 bits per heavy atom. The van der Waals surface area contributed by atoms with E-state index in [0.29, 0.717) is 19.3 Å². The number of hydrogen-bond donors (Lipinski definition) is 2. The van der Waals surface area contributed by atoms with E-state index in [4.69, 9.17) is 0 Å². The molecule has 7 heteroatoms. The molecule has 1 saturated heterocycles. The van der Waals surface area contributed by atoms with Crippen molar-refractivity contribution < 1.29 is 23.1 Å². The average molecular weight is 291 g/mol. The minimum absolute atomic E-state index is 0.0265. The lowest BCUT2D eigenvalue weighted by Crippen LogP contribution is -2.54. The van der Waals surface area contributed by atoms with Crippen LogP contribution in [-0.4, -0.2) is 42.4 Å². The maximum atomic E-state index is 11.9. The number of nitrogens with one attached hydrogen (secondary N) is 1. The summed E-state index contributed by atoms with van der Waals surface area (Å²) in [5, 5.41) is 11.8. The van der Waals surface area contributed by atoms with Crippen LogP contribution in [0.15, 0.2) is 0 Å². The molecule has 1 atom stereocenters. The number of aliphatic carboxylic acids is 1. The molecule has 1 aliphatic rings. The Morgan fingerprint density at radius 3 is 2.26 bits per heavy atom. The maximum absolute atomic E-state index is 11.9. The molecule has 1 rings (SSSR count). The smallest absolute Gasteiger partial charge is 0.329 e. The molecular formula is C12H21NO5S. The van der Waals surface area contributed by atoms with Crippen molar-refractivity contribution in [3.63, 3.8) is 0 Å². The lowest BCUT2D eigenvalue weighted by Gasteiger charge is -2.28. The molecule has 19 heavy (non-hydrogen) atoms. The van der Waals surface area contributed by atoms with Crippen molar-refractivity contribution in [2.75, 3.05) is 11.5 Å². The van der Waals surface area contributed by atoms with Crippen LogP contribution in [0.5, 0.6) is 0 Å². The molecule has 1 amide bonds. The summed E-state index contributed by atoms with van der Waals surface area (Å²) in [4.78, 5) is 23.1. The zero-order valence-electron chi connectivity index (χ0n) is 11.3. The Bertz CT molecular complexity index is 453. The highest BCUT2D eigenvalue weighted by Gasteiger charge is 2.37. The third kappa shape index (κ3) is 3.92. The molecule has 1 aliphatic heterocycles. The third-order valence-electron chi connectivity index (χ3n) is 3.80. The summed E-state index contributed by atoms with van der Waals surface area (Å²) in [7, 11) is -3.01. The van der Waals surface area contributed by atoms with Gasteiger partial charge in [0.05, 0.1) is 11.5 Å². The number of carbonyl (C=O) groups excluding carboxylic acids is 1. The molecule has 1 fully saturated rings. The van der Waals surface area contributed by atoms with Gasteiger partial charge in [-0.05, 0) is 25.2 Å². The number of hydrogen-bond acceptors (Lipinski definition) is 4. The number of carbonyl (C=O) groups is 2. The standard InChI is InChI=1S/C12H21NO5S/c1-3-12(4-2,11(15)16)13-10(14)7-9-5-6-19(17,18)8-9/h9H,3-8H2,1-2H3,(H,13,14)(H,15,16). The molecule has 0 aromatic heterocycles. The number of carboxylic acid groups (broad SMARTS) is 1. The second-order valence-corrected chi connectivity index (χ2v) is 7.34. The number of rotatable bonds is 6. The van der Waals surface area contributed by atoms with Gasteiger partial charge in [-0.3, -0.25) is 4.79 Å². The first-order chi connectivity index (χ1) is 8.74. The average Bonchev–Trinajstić information content (AvgIpc) is 2.65. The van der Waals surface area contributed by atoms with Gasteiger partial charge in [-0.1, -0.05) is 13.8 Å². The van der Waals surface area contributed by atoms with Gasteiger partial charge in [-0.25, -0.2) is 13.2 Å². The first-order valence-corrected chi connectivity index (χ1v) is 8.31. The van der Waals surface area contributed by atoms with Crippen LogP contribution in [0.3, 0.4) is 0 Å². The first kappa shape index (κ1) is 15.9. The number of amides is 1. The minimum Gasteiger partial charge on any atom is -0.480 e. The molecule has 1 heterocycles. The van der Waals surface area contributed by atoms with Gasteiger partial charge in [0.1, 0.15) is 5.54 Å². The van der Waals surface area contributed by atoms with Crippen LogP contribution in [0.2, 0.25) is 0 Å². The van der Waals surface area contributed by atoms with Crippen molar-refractivity contribution in [3.8, 4) is 0 Å². The van der Waals surface area contributed by atoms with Gasteiger partial charge in [0.25, 0.3) is 0 Å². The van der Waals surface area contributed by atoms with Crippen molar-refractivity contribution in [2.24, 2.45) is 5.92 Å². The van der Waals surface area contributed by atoms with Gasteiger partial charge >= 0.3 is 5.97 Å². The fraction of sp³-hybridized carbons (Fsp3) is 0.833. The van der Waals surface area contributed by atoms with Crippen LogP contribution in [0.4, 0.5) is 0 Å². The van der Waals surface area contributed by atoms with Crippen molar-refractivity contribution >= 4 is 21.7 Å². The topological polar surface area (TPSA) is 101 Å². The van der Waals surface area contributed by atoms with Crippen LogP contribution in [0.1, 0.15) is 39.5 Å². The Labute approximate surface area is 113 Å². The predicted molar refractivity (Wildman–Crippen MR) is 70.5 cm³/mol. The van der Waals surface area contributed by atoms with Crippen molar-refractivity contribution in [1.29, 1.82) is 0 Å². The molecule has 1 unspecified atom stereocenters. The zero-order chi connectivity index (χ0) is 14.7. The van der Waals surface area contributed by atoms with Gasteiger partial charge in [-0.15, -0.1) is 0 Å². The second-order valence-electron chi connectivity index (χ2n) is 5.12. The van der Waals surface area contributed by atoms with Gasteiger partial charge in [-0.2, -0.15) is 0 Å². The zero-order valence-corrected chi connectivity index (χ0v) is 12.1. The fourth-order valence-corrected chi connectivity index (χ4v) is 4.26. The molecule has 0 aromatic carbocycles. The summed E-state index contributed by atoms with van der Waals surface area (Å²) in [5.41, 5.74) is -1.24. The van der Waals surface area contributed by atoms with E-state index >= 15 is 0 Å². The summed E-state index contributed by atoms with van der Waals surface area (Å²) >= 11 is 0. The number of sulfone groups is 1. The van der Waals surface area contributed by atoms with Crippen LogP contribution in [0, 0.1) is 5.92 Å². The lowest BCUT2D eigenvalue weighted by atomic mass is 9.92. The van der Waals surface area contributed by atoms with Crippen LogP contribution in [0.25, 0.3) is 0 Å². The predicted octanol–water partition coefficient (Wildman–Crippen LogP) is 0.571. The molecular weight excluding hydrogens is 270 g/mol. The Morgan fingerprint density at radius 2 is 1.89 bits per heavy atom. The Kier molecular flexibility index (Phi) is 4.95. The Hall–Kier alpha value is -1.11. The molecule has 6 nitrogen and oxygen atoms in total. The second kappa shape index (κ2) is 5.90. The monoisotopic (exact) mass is 291 g/mol. The summed E-state index contributed by atoms with van der Waals surface area (Å²) in [6, 6.07) is 0. The maximum Gasteiger partial charge on any atom is 0.329 e. The van der Waals surface area contributed by atoms with Gasteiger partial charge in [0.2, 0.25) is 5.91 Å². The minimum atomic E-state index is -3.01. The van der Waals surface area contributed by atoms with E-state index in [1.165, 1.54) is 0 Å². The SMILES string of the molecule is CCC(CC)(NC(=O)CC1CCS(=O)(=O)C1)C(=O)O. The highest BCUT2D eigenvalue weighted by Crippen LogP contribution is 2.23. The van der Waals surface area contributed by atoms with Crippen LogP contribution in [-0.2, 0) is 19.4 Å². The molecule has 0 spiro atoms. The lowest BCUT2D eigenvalue weighted by molar-refractivity contribution is -0.148. The Balaban J connectivity index is 2.62. The summed E-state index contributed by atoms with van der Waals surface area (Å²) in [6.45, 7) is 3.41. The quantitative estimate of drug-likeness (QED) is 0.745. The van der Waals surface area contributed by atoms with Gasteiger partial charge in [0.15, 0.2) is 9.84 Å². The van der Waals surface area contributed by atoms with Crippen LogP contribution < -0.4 is 5.32 Å². The van der Waals surface area contributed by atoms with Crippen LogP contribution >= 0.6 is 0 Å². The molecule has 110 valence electrons. The largest absolute Gasteiger partial charge is 0.480 e. The normalized spacial score (nSPS) is 22.1. The van der Waals surface area contributed by atoms with Crippen molar-refractivity contribution in [1.82, 2.24) is 5.32 Å². The summed E-state index contributed by atoms with van der Waals surface area (Å²) in [5.74, 6) is -1.47. The van der Waals surface area contributed by atoms with E-state index in [0.717, 1.165) is 0 Å². The van der Waals surface area contributed by atoms with E-state index < -0.39 is 21.3 Å². The van der Waals surface area contributed by atoms with Gasteiger partial charge in [0, 0.05) is 6.42 Å². The van der Waals surface area contributed by atoms with E-state index in [1.54, 1.807) is 13.8 Å². The molecule has 0 saturated carbocycles. The van der Waals surface area contributed by atoms with E-state index in [-0.39, 0.29) is 29.8 Å². The fourth-order valence-electron chi connectivity index (χ4n) is 2.40. The van der Waals surface area contributed by atoms with Gasteiger partial charge < -0.3 is 10.4 Å². The highest BCUT2D eigenvalue weighted by atomic mass is 32.2. The third-order valence-corrected chi connectivity index (χ3v) is 5.63. The van der Waals surface area contributed by atoms with E-state index in [9.17, 15) is 23.1 Å². The molecule has 0 aliphatic carbocycles. The van der Waals surface area contributed by atoms with E-state index in [1.807, 2.05) is 0 Å².